The van der Waals surface area contributed by atoms with Crippen LogP contribution in [0, 0.1) is 11.8 Å². The topological polar surface area (TPSA) is 63.6 Å². The minimum atomic E-state index is -0.727. The number of rotatable bonds is 19. The monoisotopic (exact) mass is 424 g/mol. The van der Waals surface area contributed by atoms with Crippen molar-refractivity contribution in [3.8, 4) is 0 Å². The summed E-state index contributed by atoms with van der Waals surface area (Å²) in [6, 6.07) is 0. The summed E-state index contributed by atoms with van der Waals surface area (Å²) in [5.41, 5.74) is 0. The first-order valence-electron chi connectivity index (χ1n) is 13.0. The molecule has 1 aliphatic carbocycles. The molecule has 4 nitrogen and oxygen atoms in total. The van der Waals surface area contributed by atoms with Gasteiger partial charge in [-0.3, -0.25) is 9.59 Å². The van der Waals surface area contributed by atoms with E-state index >= 15 is 0 Å². The lowest BCUT2D eigenvalue weighted by atomic mass is 9.82. The maximum Gasteiger partial charge on any atom is 0.308 e. The van der Waals surface area contributed by atoms with Gasteiger partial charge < -0.3 is 9.84 Å². The van der Waals surface area contributed by atoms with Crippen molar-refractivity contribution in [1.29, 1.82) is 0 Å². The van der Waals surface area contributed by atoms with Gasteiger partial charge in [-0.2, -0.15) is 0 Å². The first-order valence-corrected chi connectivity index (χ1v) is 13.0. The second-order valence-corrected chi connectivity index (χ2v) is 9.36. The molecule has 0 aromatic carbocycles. The summed E-state index contributed by atoms with van der Waals surface area (Å²) in [7, 11) is 0. The van der Waals surface area contributed by atoms with Crippen molar-refractivity contribution in [2.75, 3.05) is 6.61 Å². The van der Waals surface area contributed by atoms with Crippen LogP contribution in [0.4, 0.5) is 0 Å². The molecule has 0 aliphatic heterocycles. The van der Waals surface area contributed by atoms with E-state index in [1.165, 1.54) is 89.9 Å². The van der Waals surface area contributed by atoms with Crippen molar-refractivity contribution in [3.63, 3.8) is 0 Å². The third kappa shape index (κ3) is 14.0. The number of carbonyl (C=O) groups excluding carboxylic acids is 1. The third-order valence-corrected chi connectivity index (χ3v) is 6.65. The van der Waals surface area contributed by atoms with Crippen molar-refractivity contribution in [2.24, 2.45) is 11.8 Å². The molecular weight excluding hydrogens is 376 g/mol. The van der Waals surface area contributed by atoms with E-state index in [1.54, 1.807) is 0 Å². The molecule has 0 heterocycles. The number of hydrogen-bond acceptors (Lipinski definition) is 3. The van der Waals surface area contributed by atoms with Gasteiger partial charge in [0.2, 0.25) is 0 Å². The Morgan fingerprint density at radius 2 is 1.00 bits per heavy atom. The molecule has 0 aromatic rings. The molecule has 1 saturated carbocycles. The number of esters is 1. The van der Waals surface area contributed by atoms with Crippen LogP contribution in [0.5, 0.6) is 0 Å². The van der Waals surface area contributed by atoms with Gasteiger partial charge in [0.1, 0.15) is 0 Å². The van der Waals surface area contributed by atoms with Crippen molar-refractivity contribution < 1.29 is 19.4 Å². The van der Waals surface area contributed by atoms with Gasteiger partial charge in [0, 0.05) is 0 Å². The van der Waals surface area contributed by atoms with Crippen LogP contribution in [-0.2, 0) is 14.3 Å². The molecule has 0 amide bonds. The fourth-order valence-electron chi connectivity index (χ4n) is 4.52. The smallest absolute Gasteiger partial charge is 0.308 e. The van der Waals surface area contributed by atoms with Crippen molar-refractivity contribution in [3.05, 3.63) is 0 Å². The van der Waals surface area contributed by atoms with Crippen molar-refractivity contribution in [1.82, 2.24) is 0 Å². The number of hydrogen-bond donors (Lipinski definition) is 1. The Morgan fingerprint density at radius 1 is 0.633 bits per heavy atom. The van der Waals surface area contributed by atoms with E-state index < -0.39 is 5.97 Å². The maximum atomic E-state index is 12.1. The van der Waals surface area contributed by atoms with Gasteiger partial charge in [0.05, 0.1) is 18.4 Å². The lowest BCUT2D eigenvalue weighted by molar-refractivity contribution is -0.152. The third-order valence-electron chi connectivity index (χ3n) is 6.65. The maximum absolute atomic E-state index is 12.1. The molecule has 1 rings (SSSR count). The van der Waals surface area contributed by atoms with Crippen LogP contribution < -0.4 is 0 Å². The van der Waals surface area contributed by atoms with Gasteiger partial charge in [-0.05, 0) is 32.1 Å². The van der Waals surface area contributed by atoms with Gasteiger partial charge in [-0.1, -0.05) is 103 Å². The lowest BCUT2D eigenvalue weighted by Gasteiger charge is -2.24. The highest BCUT2D eigenvalue weighted by molar-refractivity contribution is 5.74. The predicted molar refractivity (Wildman–Crippen MR) is 124 cm³/mol. The summed E-state index contributed by atoms with van der Waals surface area (Å²) in [5, 5.41) is 9.01. The molecule has 30 heavy (non-hydrogen) atoms. The minimum absolute atomic E-state index is 0.0818. The van der Waals surface area contributed by atoms with Crippen molar-refractivity contribution >= 4 is 11.9 Å². The normalized spacial score (nSPS) is 19.0. The van der Waals surface area contributed by atoms with Crippen LogP contribution in [0.1, 0.15) is 135 Å². The molecule has 0 atom stereocenters. The number of aliphatic carboxylic acids is 1. The minimum Gasteiger partial charge on any atom is -0.481 e. The molecule has 0 bridgehead atoms. The van der Waals surface area contributed by atoms with E-state index in [0.29, 0.717) is 32.3 Å². The van der Waals surface area contributed by atoms with E-state index in [9.17, 15) is 9.59 Å². The Bertz CT molecular complexity index is 427. The molecule has 0 aromatic heterocycles. The Hall–Kier alpha value is -1.06. The predicted octanol–water partition coefficient (Wildman–Crippen LogP) is 7.68. The van der Waals surface area contributed by atoms with Crippen LogP contribution in [0.25, 0.3) is 0 Å². The number of unbranched alkanes of at least 4 members (excludes halogenated alkanes) is 15. The average Bonchev–Trinajstić information content (AvgIpc) is 2.75. The second kappa shape index (κ2) is 18.7. The number of carboxylic acids is 1. The summed E-state index contributed by atoms with van der Waals surface area (Å²) in [6.45, 7) is 2.80. The molecule has 1 fully saturated rings. The van der Waals surface area contributed by atoms with Crippen molar-refractivity contribution in [2.45, 2.75) is 135 Å². The first kappa shape index (κ1) is 27.0. The summed E-state index contributed by atoms with van der Waals surface area (Å²) in [4.78, 5) is 23.0. The molecule has 4 heteroatoms. The SMILES string of the molecule is CCCCCCCCCCCCCCCCCCOC(=O)C1CCC(C(=O)O)CC1. The quantitative estimate of drug-likeness (QED) is 0.170. The zero-order valence-corrected chi connectivity index (χ0v) is 19.7. The Morgan fingerprint density at radius 3 is 1.40 bits per heavy atom. The summed E-state index contributed by atoms with van der Waals surface area (Å²) in [6.07, 6.45) is 23.9. The largest absolute Gasteiger partial charge is 0.481 e. The highest BCUT2D eigenvalue weighted by Gasteiger charge is 2.30. The summed E-state index contributed by atoms with van der Waals surface area (Å²) >= 11 is 0. The van der Waals surface area contributed by atoms with Gasteiger partial charge in [0.15, 0.2) is 0 Å². The van der Waals surface area contributed by atoms with Gasteiger partial charge in [-0.25, -0.2) is 0 Å². The molecular formula is C26H48O4. The molecule has 0 unspecified atom stereocenters. The fourth-order valence-corrected chi connectivity index (χ4v) is 4.52. The standard InChI is InChI=1S/C26H48O4/c1-2-3-4-5-6-7-8-9-10-11-12-13-14-15-16-17-22-30-26(29)24-20-18-23(19-21-24)25(27)28/h23-24H,2-22H2,1H3,(H,27,28). The number of carboxylic acid groups (broad SMARTS) is 1. The Kier molecular flexibility index (Phi) is 16.8. The van der Waals surface area contributed by atoms with Crippen LogP contribution in [0.15, 0.2) is 0 Å². The molecule has 0 saturated heterocycles. The highest BCUT2D eigenvalue weighted by Crippen LogP contribution is 2.29. The van der Waals surface area contributed by atoms with Crippen LogP contribution in [0.2, 0.25) is 0 Å². The van der Waals surface area contributed by atoms with Gasteiger partial charge in [-0.15, -0.1) is 0 Å². The average molecular weight is 425 g/mol. The molecule has 0 spiro atoms. The molecule has 176 valence electrons. The summed E-state index contributed by atoms with van der Waals surface area (Å²) in [5.74, 6) is -1.19. The number of carbonyl (C=O) groups is 2. The zero-order chi connectivity index (χ0) is 21.9. The van der Waals surface area contributed by atoms with Crippen LogP contribution in [0.3, 0.4) is 0 Å². The van der Waals surface area contributed by atoms with Gasteiger partial charge >= 0.3 is 11.9 Å². The van der Waals surface area contributed by atoms with Crippen LogP contribution >= 0.6 is 0 Å². The highest BCUT2D eigenvalue weighted by atomic mass is 16.5. The number of ether oxygens (including phenoxy) is 1. The second-order valence-electron chi connectivity index (χ2n) is 9.36. The summed E-state index contributed by atoms with van der Waals surface area (Å²) < 4.78 is 5.41. The molecule has 1 N–H and O–H groups in total. The van der Waals surface area contributed by atoms with E-state index in [2.05, 4.69) is 6.92 Å². The molecule has 0 radical (unpaired) electrons. The Balaban J connectivity index is 1.78. The van der Waals surface area contributed by atoms with Crippen LogP contribution in [-0.4, -0.2) is 23.7 Å². The van der Waals surface area contributed by atoms with Gasteiger partial charge in [0.25, 0.3) is 0 Å². The zero-order valence-electron chi connectivity index (χ0n) is 19.7. The fraction of sp³-hybridized carbons (Fsp3) is 0.923. The lowest BCUT2D eigenvalue weighted by Crippen LogP contribution is -2.27. The Labute approximate surface area is 185 Å². The molecule has 1 aliphatic rings. The van der Waals surface area contributed by atoms with E-state index in [0.717, 1.165) is 12.8 Å². The first-order chi connectivity index (χ1) is 14.6. The van der Waals surface area contributed by atoms with E-state index in [-0.39, 0.29) is 17.8 Å². The van der Waals surface area contributed by atoms with E-state index in [4.69, 9.17) is 9.84 Å². The van der Waals surface area contributed by atoms with E-state index in [1.807, 2.05) is 0 Å².